The summed E-state index contributed by atoms with van der Waals surface area (Å²) in [5.41, 5.74) is 1.04. The van der Waals surface area contributed by atoms with Crippen LogP contribution in [0.25, 0.3) is 0 Å². The molecule has 0 spiro atoms. The van der Waals surface area contributed by atoms with Gasteiger partial charge in [-0.25, -0.2) is 8.42 Å². The highest BCUT2D eigenvalue weighted by Crippen LogP contribution is 2.22. The van der Waals surface area contributed by atoms with Gasteiger partial charge in [0.25, 0.3) is 9.05 Å². The summed E-state index contributed by atoms with van der Waals surface area (Å²) < 4.78 is 24.3. The molecular formula is C9H16ClN3O2S. The molecule has 0 fully saturated rings. The van der Waals surface area contributed by atoms with Crippen molar-refractivity contribution in [2.75, 3.05) is 20.6 Å². The SMILES string of the molecule is Cc1nn(CCN(C)C)c(C)c1S(=O)(=O)Cl. The monoisotopic (exact) mass is 265 g/mol. The van der Waals surface area contributed by atoms with E-state index in [9.17, 15) is 8.42 Å². The van der Waals surface area contributed by atoms with Gasteiger partial charge in [-0.3, -0.25) is 4.68 Å². The number of hydrogen-bond donors (Lipinski definition) is 0. The highest BCUT2D eigenvalue weighted by atomic mass is 35.7. The molecule has 7 heteroatoms. The summed E-state index contributed by atoms with van der Waals surface area (Å²) in [5, 5.41) is 4.17. The number of aromatic nitrogens is 2. The lowest BCUT2D eigenvalue weighted by atomic mass is 10.4. The summed E-state index contributed by atoms with van der Waals surface area (Å²) in [6.45, 7) is 4.80. The van der Waals surface area contributed by atoms with Crippen LogP contribution in [0.3, 0.4) is 0 Å². The Balaban J connectivity index is 3.08. The number of halogens is 1. The number of nitrogens with zero attached hydrogens (tertiary/aromatic N) is 3. The van der Waals surface area contributed by atoms with Crippen molar-refractivity contribution in [3.63, 3.8) is 0 Å². The Morgan fingerprint density at radius 2 is 1.94 bits per heavy atom. The van der Waals surface area contributed by atoms with Crippen LogP contribution in [0.2, 0.25) is 0 Å². The van der Waals surface area contributed by atoms with Gasteiger partial charge in [0.2, 0.25) is 0 Å². The molecule has 0 atom stereocenters. The van der Waals surface area contributed by atoms with Crippen molar-refractivity contribution in [1.29, 1.82) is 0 Å². The van der Waals surface area contributed by atoms with Crippen LogP contribution in [0.15, 0.2) is 4.90 Å². The topological polar surface area (TPSA) is 55.2 Å². The lowest BCUT2D eigenvalue weighted by molar-refractivity contribution is 0.370. The highest BCUT2D eigenvalue weighted by Gasteiger charge is 2.22. The second-order valence-corrected chi connectivity index (χ2v) is 6.47. The zero-order valence-corrected chi connectivity index (χ0v) is 11.4. The molecule has 0 radical (unpaired) electrons. The molecule has 0 aliphatic rings. The second-order valence-electron chi connectivity index (χ2n) is 3.96. The van der Waals surface area contributed by atoms with Crippen molar-refractivity contribution >= 4 is 19.7 Å². The minimum atomic E-state index is -3.71. The van der Waals surface area contributed by atoms with Gasteiger partial charge in [-0.2, -0.15) is 5.10 Å². The summed E-state index contributed by atoms with van der Waals surface area (Å²) in [5.74, 6) is 0. The number of hydrogen-bond acceptors (Lipinski definition) is 4. The van der Waals surface area contributed by atoms with E-state index in [-0.39, 0.29) is 4.90 Å². The summed E-state index contributed by atoms with van der Waals surface area (Å²) in [6.07, 6.45) is 0. The fraction of sp³-hybridized carbons (Fsp3) is 0.667. The number of rotatable bonds is 4. The molecule has 92 valence electrons. The van der Waals surface area contributed by atoms with E-state index in [0.717, 1.165) is 6.54 Å². The summed E-state index contributed by atoms with van der Waals surface area (Å²) in [6, 6.07) is 0. The largest absolute Gasteiger partial charge is 0.308 e. The van der Waals surface area contributed by atoms with E-state index in [0.29, 0.717) is 17.9 Å². The molecule has 0 bridgehead atoms. The van der Waals surface area contributed by atoms with Crippen LogP contribution in [-0.2, 0) is 15.6 Å². The average Bonchev–Trinajstić information content (AvgIpc) is 2.36. The molecule has 1 rings (SSSR count). The third kappa shape index (κ3) is 2.96. The van der Waals surface area contributed by atoms with E-state index in [4.69, 9.17) is 10.7 Å². The number of likely N-dealkylation sites (N-methyl/N-ethyl adjacent to an activating group) is 1. The summed E-state index contributed by atoms with van der Waals surface area (Å²) >= 11 is 0. The maximum atomic E-state index is 11.3. The van der Waals surface area contributed by atoms with Gasteiger partial charge in [-0.15, -0.1) is 0 Å². The molecule has 16 heavy (non-hydrogen) atoms. The van der Waals surface area contributed by atoms with E-state index in [2.05, 4.69) is 5.10 Å². The van der Waals surface area contributed by atoms with Crippen molar-refractivity contribution in [2.24, 2.45) is 0 Å². The Hall–Kier alpha value is -0.590. The van der Waals surface area contributed by atoms with Gasteiger partial charge in [0, 0.05) is 17.2 Å². The Morgan fingerprint density at radius 1 is 1.38 bits per heavy atom. The van der Waals surface area contributed by atoms with Crippen molar-refractivity contribution in [2.45, 2.75) is 25.3 Å². The van der Waals surface area contributed by atoms with Crippen LogP contribution >= 0.6 is 10.7 Å². The van der Waals surface area contributed by atoms with Crippen LogP contribution in [0.4, 0.5) is 0 Å². The van der Waals surface area contributed by atoms with Gasteiger partial charge in [-0.1, -0.05) is 0 Å². The Kier molecular flexibility index (Phi) is 3.98. The molecule has 1 aromatic heterocycles. The van der Waals surface area contributed by atoms with E-state index in [1.807, 2.05) is 19.0 Å². The average molecular weight is 266 g/mol. The zero-order chi connectivity index (χ0) is 12.5. The molecule has 5 nitrogen and oxygen atoms in total. The first-order valence-corrected chi connectivity index (χ1v) is 7.18. The predicted molar refractivity (Wildman–Crippen MR) is 63.3 cm³/mol. The van der Waals surface area contributed by atoms with E-state index in [1.165, 1.54) is 0 Å². The molecule has 0 amide bonds. The normalized spacial score (nSPS) is 12.4. The second kappa shape index (κ2) is 4.73. The maximum Gasteiger partial charge on any atom is 0.264 e. The lowest BCUT2D eigenvalue weighted by Gasteiger charge is -2.10. The van der Waals surface area contributed by atoms with Crippen molar-refractivity contribution < 1.29 is 8.42 Å². The first kappa shape index (κ1) is 13.5. The summed E-state index contributed by atoms with van der Waals surface area (Å²) in [4.78, 5) is 2.14. The molecular weight excluding hydrogens is 250 g/mol. The minimum Gasteiger partial charge on any atom is -0.308 e. The van der Waals surface area contributed by atoms with Gasteiger partial charge in [0.1, 0.15) is 4.90 Å². The summed E-state index contributed by atoms with van der Waals surface area (Å²) in [7, 11) is 5.55. The lowest BCUT2D eigenvalue weighted by Crippen LogP contribution is -2.19. The van der Waals surface area contributed by atoms with E-state index in [1.54, 1.807) is 18.5 Å². The van der Waals surface area contributed by atoms with Crippen molar-refractivity contribution in [1.82, 2.24) is 14.7 Å². The Labute approximate surface area is 100 Å². The van der Waals surface area contributed by atoms with Crippen molar-refractivity contribution in [3.8, 4) is 0 Å². The van der Waals surface area contributed by atoms with Gasteiger partial charge in [0.15, 0.2) is 0 Å². The van der Waals surface area contributed by atoms with Crippen LogP contribution in [0.1, 0.15) is 11.4 Å². The fourth-order valence-corrected chi connectivity index (χ4v) is 3.07. The van der Waals surface area contributed by atoms with Crippen LogP contribution < -0.4 is 0 Å². The molecule has 1 heterocycles. The third-order valence-corrected chi connectivity index (χ3v) is 3.86. The first-order chi connectivity index (χ1) is 7.23. The van der Waals surface area contributed by atoms with Gasteiger partial charge >= 0.3 is 0 Å². The molecule has 0 saturated carbocycles. The zero-order valence-electron chi connectivity index (χ0n) is 9.86. The minimum absolute atomic E-state index is 0.132. The molecule has 0 aliphatic heterocycles. The standard InChI is InChI=1S/C9H16ClN3O2S/c1-7-9(16(10,14)15)8(2)13(11-7)6-5-12(3)4/h5-6H2,1-4H3. The maximum absolute atomic E-state index is 11.3. The van der Waals surface area contributed by atoms with Crippen molar-refractivity contribution in [3.05, 3.63) is 11.4 Å². The quantitative estimate of drug-likeness (QED) is 0.762. The van der Waals surface area contributed by atoms with Crippen LogP contribution in [-0.4, -0.2) is 43.7 Å². The van der Waals surface area contributed by atoms with Gasteiger partial charge in [0.05, 0.1) is 17.9 Å². The highest BCUT2D eigenvalue weighted by molar-refractivity contribution is 8.13. The van der Waals surface area contributed by atoms with E-state index < -0.39 is 9.05 Å². The van der Waals surface area contributed by atoms with Gasteiger partial charge in [-0.05, 0) is 27.9 Å². The van der Waals surface area contributed by atoms with Crippen LogP contribution in [0.5, 0.6) is 0 Å². The third-order valence-electron chi connectivity index (χ3n) is 2.32. The first-order valence-electron chi connectivity index (χ1n) is 4.87. The fourth-order valence-electron chi connectivity index (χ4n) is 1.55. The predicted octanol–water partition coefficient (Wildman–Crippen LogP) is 0.989. The van der Waals surface area contributed by atoms with Crippen LogP contribution in [0, 0.1) is 13.8 Å². The number of aryl methyl sites for hydroxylation is 1. The smallest absolute Gasteiger partial charge is 0.264 e. The molecule has 1 aromatic rings. The Bertz CT molecular complexity index is 479. The molecule has 0 aromatic carbocycles. The van der Waals surface area contributed by atoms with E-state index >= 15 is 0 Å². The molecule has 0 N–H and O–H groups in total. The Morgan fingerprint density at radius 3 is 2.31 bits per heavy atom. The molecule has 0 saturated heterocycles. The molecule has 0 unspecified atom stereocenters. The van der Waals surface area contributed by atoms with Gasteiger partial charge < -0.3 is 4.90 Å². The molecule has 0 aliphatic carbocycles.